The molecule has 0 nitrogen and oxygen atoms in total. The molecule has 0 amide bonds. The lowest BCUT2D eigenvalue weighted by atomic mass is 9.78. The quantitative estimate of drug-likeness (QED) is 0.336. The van der Waals surface area contributed by atoms with Crippen LogP contribution in [0.5, 0.6) is 0 Å². The van der Waals surface area contributed by atoms with Crippen LogP contribution in [0.1, 0.15) is 0 Å². The van der Waals surface area contributed by atoms with Gasteiger partial charge in [-0.2, -0.15) is 0 Å². The smallest absolute Gasteiger partial charge is 0.0956 e. The van der Waals surface area contributed by atoms with Gasteiger partial charge in [-0.15, -0.1) is 0 Å². The normalized spacial score (nSPS) is 10.0. The van der Waals surface area contributed by atoms with Crippen molar-refractivity contribution in [1.29, 1.82) is 0 Å². The maximum atomic E-state index is 3.28. The van der Waals surface area contributed by atoms with E-state index in [-0.39, 0.29) is 0 Å². The molecular weight excluding hydrogens is 151 g/mol. The third kappa shape index (κ3) is 6.28. The fourth-order valence-corrected chi connectivity index (χ4v) is 0.560. The van der Waals surface area contributed by atoms with E-state index in [0.29, 0.717) is 0 Å². The summed E-state index contributed by atoms with van der Waals surface area (Å²) < 4.78 is 0. The number of rotatable bonds is 3. The first-order valence-corrected chi connectivity index (χ1v) is 3.52. The van der Waals surface area contributed by atoms with Gasteiger partial charge in [0, 0.05) is 5.33 Å². The van der Waals surface area contributed by atoms with E-state index >= 15 is 0 Å². The molecule has 0 atom stereocenters. The molecule has 0 bridgehead atoms. The average molecular weight is 160 g/mol. The van der Waals surface area contributed by atoms with E-state index < -0.39 is 0 Å². The van der Waals surface area contributed by atoms with Gasteiger partial charge in [0.05, 0.1) is 0 Å². The lowest BCUT2D eigenvalue weighted by Gasteiger charge is -1.77. The van der Waals surface area contributed by atoms with Crippen molar-refractivity contribution in [1.82, 2.24) is 0 Å². The van der Waals surface area contributed by atoms with Crippen LogP contribution in [-0.4, -0.2) is 12.6 Å². The van der Waals surface area contributed by atoms with Gasteiger partial charge in [-0.1, -0.05) is 41.2 Å². The molecule has 1 radical (unpaired) electrons. The predicted octanol–water partition coefficient (Wildman–Crippen LogP) is 2.11. The van der Waals surface area contributed by atoms with Crippen LogP contribution in [-0.2, 0) is 0 Å². The minimum Gasteiger partial charge on any atom is -0.0956 e. The Morgan fingerprint density at radius 1 is 1.57 bits per heavy atom. The largest absolute Gasteiger partial charge is 0.110 e. The molecule has 0 aliphatic heterocycles. The molecule has 0 aromatic heterocycles. The Hall–Kier alpha value is 0.285. The van der Waals surface area contributed by atoms with Crippen LogP contribution >= 0.6 is 15.9 Å². The predicted molar refractivity (Wildman–Crippen MR) is 39.4 cm³/mol. The molecule has 0 fully saturated rings. The summed E-state index contributed by atoms with van der Waals surface area (Å²) >= 11 is 3.28. The summed E-state index contributed by atoms with van der Waals surface area (Å²) in [6.07, 6.45) is 5.32. The Balaban J connectivity index is 2.78. The molecule has 0 saturated carbocycles. The van der Waals surface area contributed by atoms with Crippen molar-refractivity contribution >= 4 is 23.2 Å². The van der Waals surface area contributed by atoms with Crippen molar-refractivity contribution in [2.45, 2.75) is 13.1 Å². The second-order valence-corrected chi connectivity index (χ2v) is 1.92. The van der Waals surface area contributed by atoms with Gasteiger partial charge < -0.3 is 0 Å². The van der Waals surface area contributed by atoms with E-state index in [1.807, 2.05) is 0 Å². The summed E-state index contributed by atoms with van der Waals surface area (Å²) in [5.41, 5.74) is 0. The van der Waals surface area contributed by atoms with Crippen molar-refractivity contribution in [2.24, 2.45) is 0 Å². The van der Waals surface area contributed by atoms with Crippen LogP contribution in [0.15, 0.2) is 12.2 Å². The van der Waals surface area contributed by atoms with E-state index in [4.69, 9.17) is 0 Å². The molecule has 0 aliphatic carbocycles. The van der Waals surface area contributed by atoms with Gasteiger partial charge >= 0.3 is 0 Å². The molecular formula is C5H9BBr. The molecule has 0 N–H and O–H groups in total. The van der Waals surface area contributed by atoms with Gasteiger partial charge in [-0.25, -0.2) is 0 Å². The van der Waals surface area contributed by atoms with Crippen LogP contribution in [0.4, 0.5) is 0 Å². The number of allylic oxidation sites excluding steroid dienone is 2. The zero-order chi connectivity index (χ0) is 5.54. The number of hydrogen-bond donors (Lipinski definition) is 0. The van der Waals surface area contributed by atoms with Crippen molar-refractivity contribution in [3.8, 4) is 0 Å². The van der Waals surface area contributed by atoms with Gasteiger partial charge in [0.15, 0.2) is 0 Å². The zero-order valence-corrected chi connectivity index (χ0v) is 6.11. The lowest BCUT2D eigenvalue weighted by molar-refractivity contribution is 1.62. The van der Waals surface area contributed by atoms with Gasteiger partial charge in [-0.05, 0) is 0 Å². The van der Waals surface area contributed by atoms with Crippen molar-refractivity contribution in [3.05, 3.63) is 12.2 Å². The van der Waals surface area contributed by atoms with Crippen molar-refractivity contribution < 1.29 is 0 Å². The molecule has 39 valence electrons. The SMILES string of the molecule is C[B]C/C=C\CBr. The Bertz CT molecular complexity index is 52.0. The molecule has 0 aromatic rings. The highest BCUT2D eigenvalue weighted by Gasteiger charge is 1.71. The summed E-state index contributed by atoms with van der Waals surface area (Å²) in [6.45, 7) is 2.05. The third-order valence-corrected chi connectivity index (χ3v) is 1.00. The van der Waals surface area contributed by atoms with E-state index in [2.05, 4.69) is 42.2 Å². The highest BCUT2D eigenvalue weighted by molar-refractivity contribution is 9.09. The van der Waals surface area contributed by atoms with E-state index in [0.717, 1.165) is 11.7 Å². The average Bonchev–Trinajstić information content (AvgIpc) is 1.69. The molecule has 0 unspecified atom stereocenters. The Morgan fingerprint density at radius 3 is 2.71 bits per heavy atom. The van der Waals surface area contributed by atoms with Gasteiger partial charge in [0.25, 0.3) is 0 Å². The molecule has 0 spiro atoms. The molecule has 0 heterocycles. The third-order valence-electron chi connectivity index (χ3n) is 0.628. The molecule has 0 rings (SSSR count). The summed E-state index contributed by atoms with van der Waals surface area (Å²) in [7, 11) is 2.12. The lowest BCUT2D eigenvalue weighted by Crippen LogP contribution is -1.72. The maximum Gasteiger partial charge on any atom is 0.110 e. The van der Waals surface area contributed by atoms with Crippen LogP contribution in [0.3, 0.4) is 0 Å². The standard InChI is InChI=1S/C5H9BBr/c1-6-4-2-3-5-7/h2-3H,4-5H2,1H3/b3-2-. The molecule has 7 heavy (non-hydrogen) atoms. The number of alkyl halides is 1. The van der Waals surface area contributed by atoms with Crippen molar-refractivity contribution in [2.75, 3.05) is 5.33 Å². The fourth-order valence-electron chi connectivity index (χ4n) is 0.295. The summed E-state index contributed by atoms with van der Waals surface area (Å²) in [4.78, 5) is 0. The monoisotopic (exact) mass is 159 g/mol. The van der Waals surface area contributed by atoms with E-state index in [9.17, 15) is 0 Å². The second kappa shape index (κ2) is 6.28. The zero-order valence-electron chi connectivity index (χ0n) is 4.52. The number of halogens is 1. The highest BCUT2D eigenvalue weighted by atomic mass is 79.9. The van der Waals surface area contributed by atoms with Gasteiger partial charge in [0.2, 0.25) is 0 Å². The first-order chi connectivity index (χ1) is 3.41. The van der Waals surface area contributed by atoms with Gasteiger partial charge in [0.1, 0.15) is 7.28 Å². The number of hydrogen-bond acceptors (Lipinski definition) is 0. The molecule has 0 saturated heterocycles. The van der Waals surface area contributed by atoms with Crippen LogP contribution < -0.4 is 0 Å². The van der Waals surface area contributed by atoms with Crippen LogP contribution in [0, 0.1) is 0 Å². The minimum absolute atomic E-state index is 0.973. The Kier molecular flexibility index (Phi) is 6.54. The molecule has 2 heteroatoms. The second-order valence-electron chi connectivity index (χ2n) is 1.27. The molecule has 0 aromatic carbocycles. The Labute approximate surface area is 54.4 Å². The first kappa shape index (κ1) is 7.28. The summed E-state index contributed by atoms with van der Waals surface area (Å²) in [6, 6.07) is 0. The Morgan fingerprint density at radius 2 is 2.29 bits per heavy atom. The fraction of sp³-hybridized carbons (Fsp3) is 0.600. The van der Waals surface area contributed by atoms with Crippen LogP contribution in [0.2, 0.25) is 13.1 Å². The van der Waals surface area contributed by atoms with Gasteiger partial charge in [-0.3, -0.25) is 0 Å². The maximum absolute atomic E-state index is 3.28. The topological polar surface area (TPSA) is 0 Å². The highest BCUT2D eigenvalue weighted by Crippen LogP contribution is 1.84. The van der Waals surface area contributed by atoms with Crippen molar-refractivity contribution in [3.63, 3.8) is 0 Å². The summed E-state index contributed by atoms with van der Waals surface area (Å²) in [5, 5.41) is 0.973. The van der Waals surface area contributed by atoms with E-state index in [1.165, 1.54) is 0 Å². The van der Waals surface area contributed by atoms with Crippen LogP contribution in [0.25, 0.3) is 0 Å². The van der Waals surface area contributed by atoms with E-state index in [1.54, 1.807) is 0 Å². The molecule has 0 aliphatic rings. The minimum atomic E-state index is 0.973. The first-order valence-electron chi connectivity index (χ1n) is 2.40. The summed E-state index contributed by atoms with van der Waals surface area (Å²) in [5.74, 6) is 0.